The predicted octanol–water partition coefficient (Wildman–Crippen LogP) is 2.63. The van der Waals surface area contributed by atoms with E-state index in [-0.39, 0.29) is 11.3 Å². The van der Waals surface area contributed by atoms with Gasteiger partial charge in [0.15, 0.2) is 0 Å². The number of fused-ring (bicyclic) bond motifs is 2. The monoisotopic (exact) mass is 348 g/mol. The van der Waals surface area contributed by atoms with Gasteiger partial charge in [0.2, 0.25) is 0 Å². The normalized spacial score (nSPS) is 21.2. The number of hydrogen-bond acceptors (Lipinski definition) is 3. The summed E-state index contributed by atoms with van der Waals surface area (Å²) in [6.45, 7) is 1.25. The second kappa shape index (κ2) is 6.94. The maximum atomic E-state index is 12.4. The topological polar surface area (TPSA) is 73.4 Å². The molecule has 6 heteroatoms. The van der Waals surface area contributed by atoms with Gasteiger partial charge in [-0.1, -0.05) is 6.07 Å². The van der Waals surface area contributed by atoms with Crippen molar-refractivity contribution in [2.75, 3.05) is 18.5 Å². The number of rotatable bonds is 3. The van der Waals surface area contributed by atoms with Crippen molar-refractivity contribution in [2.45, 2.75) is 56.6 Å². The van der Waals surface area contributed by atoms with Crippen LogP contribution in [-0.4, -0.2) is 29.0 Å². The average molecular weight is 348 g/mol. The molecule has 1 aliphatic heterocycles. The zero-order chi connectivity index (χ0) is 16.5. The maximum absolute atomic E-state index is 12.4. The number of anilines is 1. The molecule has 1 fully saturated rings. The summed E-state index contributed by atoms with van der Waals surface area (Å²) in [6.07, 6.45) is 8.06. The van der Waals surface area contributed by atoms with Gasteiger partial charge in [0.1, 0.15) is 5.25 Å². The quantitative estimate of drug-likeness (QED) is 0.825. The first-order valence-corrected chi connectivity index (χ1v) is 10.2. The number of amides is 2. The van der Waals surface area contributed by atoms with Gasteiger partial charge in [-0.25, -0.2) is 4.79 Å². The van der Waals surface area contributed by atoms with Crippen LogP contribution in [0, 0.1) is 0 Å². The van der Waals surface area contributed by atoms with Crippen LogP contribution in [0.1, 0.15) is 47.9 Å². The molecule has 1 aromatic carbocycles. The molecule has 4 rings (SSSR count). The van der Waals surface area contributed by atoms with Gasteiger partial charge in [0.05, 0.1) is 24.6 Å². The lowest BCUT2D eigenvalue weighted by atomic mass is 9.99. The maximum Gasteiger partial charge on any atom is 0.360 e. The van der Waals surface area contributed by atoms with Crippen molar-refractivity contribution in [3.63, 3.8) is 0 Å². The average Bonchev–Trinajstić information content (AvgIpc) is 3.24. The van der Waals surface area contributed by atoms with E-state index < -0.39 is 11.4 Å². The molecule has 0 saturated carbocycles. The largest absolute Gasteiger partial charge is 0.593 e. The smallest absolute Gasteiger partial charge is 0.360 e. The Morgan fingerprint density at radius 3 is 2.33 bits per heavy atom. The molecule has 0 radical (unpaired) electrons. The SMILES string of the molecule is O=C(Nc1c2c(cc3c1CCC3)CCC2)N[S+]([O-])C1CCOCC1. The molecular formula is C18H24N2O3S. The number of hydrogen-bond donors (Lipinski definition) is 2. The first-order valence-electron chi connectivity index (χ1n) is 8.95. The molecule has 3 aliphatic rings. The van der Waals surface area contributed by atoms with E-state index in [2.05, 4.69) is 16.1 Å². The molecule has 1 unspecified atom stereocenters. The molecule has 1 atom stereocenters. The Labute approximate surface area is 145 Å². The van der Waals surface area contributed by atoms with Gasteiger partial charge in [-0.15, -0.1) is 0 Å². The molecule has 0 spiro atoms. The number of nitrogens with one attached hydrogen (secondary N) is 2. The Hall–Kier alpha value is -1.24. The third kappa shape index (κ3) is 3.15. The Kier molecular flexibility index (Phi) is 4.70. The van der Waals surface area contributed by atoms with E-state index in [4.69, 9.17) is 4.74 Å². The molecule has 24 heavy (non-hydrogen) atoms. The van der Waals surface area contributed by atoms with E-state index in [1.54, 1.807) is 0 Å². The fourth-order valence-electron chi connectivity index (χ4n) is 4.17. The van der Waals surface area contributed by atoms with Gasteiger partial charge >= 0.3 is 6.03 Å². The molecule has 1 saturated heterocycles. The standard InChI is InChI=1S/C18H24N2O3S/c21-18(20-24(22)14-7-9-23-10-8-14)19-17-15-5-1-3-12(15)11-13-4-2-6-16(13)17/h11,14H,1-10H2,(H2,19,20,21). The number of carbonyl (C=O) groups excluding carboxylic acids is 1. The zero-order valence-electron chi connectivity index (χ0n) is 13.9. The Balaban J connectivity index is 1.48. The molecule has 2 aliphatic carbocycles. The van der Waals surface area contributed by atoms with Crippen LogP contribution in [-0.2, 0) is 41.8 Å². The summed E-state index contributed by atoms with van der Waals surface area (Å²) in [5.74, 6) is 0. The number of carbonyl (C=O) groups is 1. The van der Waals surface area contributed by atoms with Crippen LogP contribution in [0.25, 0.3) is 0 Å². The van der Waals surface area contributed by atoms with Crippen LogP contribution in [0.4, 0.5) is 10.5 Å². The third-order valence-corrected chi connectivity index (χ3v) is 6.84. The summed E-state index contributed by atoms with van der Waals surface area (Å²) in [6, 6.07) is 2.00. The van der Waals surface area contributed by atoms with Crippen LogP contribution in [0.5, 0.6) is 0 Å². The van der Waals surface area contributed by atoms with Crippen molar-refractivity contribution in [3.8, 4) is 0 Å². The van der Waals surface area contributed by atoms with Crippen LogP contribution >= 0.6 is 0 Å². The van der Waals surface area contributed by atoms with Crippen LogP contribution in [0.3, 0.4) is 0 Å². The Morgan fingerprint density at radius 2 is 1.71 bits per heavy atom. The number of aryl methyl sites for hydroxylation is 2. The van der Waals surface area contributed by atoms with Crippen molar-refractivity contribution in [2.24, 2.45) is 0 Å². The first-order chi connectivity index (χ1) is 11.7. The molecule has 0 bridgehead atoms. The highest BCUT2D eigenvalue weighted by Crippen LogP contribution is 2.38. The molecule has 5 nitrogen and oxygen atoms in total. The summed E-state index contributed by atoms with van der Waals surface area (Å²) in [5.41, 5.74) is 6.36. The lowest BCUT2D eigenvalue weighted by Crippen LogP contribution is -2.43. The van der Waals surface area contributed by atoms with Crippen molar-refractivity contribution >= 4 is 23.1 Å². The van der Waals surface area contributed by atoms with E-state index >= 15 is 0 Å². The molecule has 1 aromatic rings. The van der Waals surface area contributed by atoms with Gasteiger partial charge in [0, 0.05) is 18.5 Å². The molecular weight excluding hydrogens is 324 g/mol. The summed E-state index contributed by atoms with van der Waals surface area (Å²) < 4.78 is 20.3. The minimum Gasteiger partial charge on any atom is -0.593 e. The molecule has 2 N–H and O–H groups in total. The van der Waals surface area contributed by atoms with Gasteiger partial charge in [-0.05, 0) is 60.8 Å². The van der Waals surface area contributed by atoms with Crippen LogP contribution < -0.4 is 10.0 Å². The van der Waals surface area contributed by atoms with Crippen molar-refractivity contribution < 1.29 is 14.1 Å². The Bertz CT molecular complexity index is 611. The second-order valence-electron chi connectivity index (χ2n) is 6.90. The fourth-order valence-corrected chi connectivity index (χ4v) is 5.19. The second-order valence-corrected chi connectivity index (χ2v) is 8.36. The van der Waals surface area contributed by atoms with Crippen LogP contribution in [0.2, 0.25) is 0 Å². The third-order valence-electron chi connectivity index (χ3n) is 5.38. The highest BCUT2D eigenvalue weighted by molar-refractivity contribution is 7.90. The van der Waals surface area contributed by atoms with Gasteiger partial charge < -0.3 is 14.6 Å². The molecule has 0 aromatic heterocycles. The van der Waals surface area contributed by atoms with Gasteiger partial charge in [0.25, 0.3) is 0 Å². The minimum atomic E-state index is -1.35. The molecule has 130 valence electrons. The van der Waals surface area contributed by atoms with Crippen molar-refractivity contribution in [3.05, 3.63) is 28.3 Å². The summed E-state index contributed by atoms with van der Waals surface area (Å²) >= 11 is -1.35. The number of ether oxygens (including phenoxy) is 1. The predicted molar refractivity (Wildman–Crippen MR) is 94.6 cm³/mol. The lowest BCUT2D eigenvalue weighted by molar-refractivity contribution is 0.0982. The highest BCUT2D eigenvalue weighted by atomic mass is 32.2. The van der Waals surface area contributed by atoms with Gasteiger partial charge in [-0.3, -0.25) is 0 Å². The summed E-state index contributed by atoms with van der Waals surface area (Å²) in [7, 11) is 0. The molecule has 1 heterocycles. The molecule has 2 amide bonds. The van der Waals surface area contributed by atoms with E-state index in [0.29, 0.717) is 13.2 Å². The Morgan fingerprint density at radius 1 is 1.08 bits per heavy atom. The number of urea groups is 1. The highest BCUT2D eigenvalue weighted by Gasteiger charge is 2.29. The van der Waals surface area contributed by atoms with E-state index in [0.717, 1.165) is 57.1 Å². The van der Waals surface area contributed by atoms with Crippen LogP contribution in [0.15, 0.2) is 6.07 Å². The van der Waals surface area contributed by atoms with E-state index in [1.165, 1.54) is 22.3 Å². The summed E-state index contributed by atoms with van der Waals surface area (Å²) in [4.78, 5) is 12.4. The number of benzene rings is 1. The van der Waals surface area contributed by atoms with Crippen molar-refractivity contribution in [1.82, 2.24) is 4.72 Å². The van der Waals surface area contributed by atoms with E-state index in [9.17, 15) is 9.35 Å². The first kappa shape index (κ1) is 16.2. The van der Waals surface area contributed by atoms with Gasteiger partial charge in [-0.2, -0.15) is 4.72 Å². The van der Waals surface area contributed by atoms with E-state index in [1.807, 2.05) is 0 Å². The zero-order valence-corrected chi connectivity index (χ0v) is 14.7. The lowest BCUT2D eigenvalue weighted by Gasteiger charge is -2.24. The van der Waals surface area contributed by atoms with Crippen molar-refractivity contribution in [1.29, 1.82) is 0 Å². The summed E-state index contributed by atoms with van der Waals surface area (Å²) in [5, 5.41) is 3.04. The minimum absolute atomic E-state index is 0.00305. The fraction of sp³-hybridized carbons (Fsp3) is 0.611.